The third kappa shape index (κ3) is 3.61. The number of alkyl halides is 3. The number of nitrogens with zero attached hydrogens (tertiary/aromatic N) is 1. The van der Waals surface area contributed by atoms with Gasteiger partial charge < -0.3 is 15.5 Å². The summed E-state index contributed by atoms with van der Waals surface area (Å²) >= 11 is 0. The van der Waals surface area contributed by atoms with Crippen molar-refractivity contribution >= 4 is 5.69 Å². The standard InChI is InChI=1S/C11H11F3N2O2/c12-11(13,14)8-1-2-10(7(3-8)4-15)16-5-9(18)6-17/h1-3,9,16-18H,5-6H2/t9-/m0/s1. The Kier molecular flexibility index (Phi) is 4.53. The highest BCUT2D eigenvalue weighted by Gasteiger charge is 2.31. The lowest BCUT2D eigenvalue weighted by Crippen LogP contribution is -2.23. The maximum atomic E-state index is 12.4. The molecule has 0 bridgehead atoms. The molecule has 0 amide bonds. The van der Waals surface area contributed by atoms with Crippen molar-refractivity contribution in [1.29, 1.82) is 5.26 Å². The molecule has 0 aliphatic heterocycles. The minimum Gasteiger partial charge on any atom is -0.394 e. The third-order valence-corrected chi connectivity index (χ3v) is 2.21. The van der Waals surface area contributed by atoms with Gasteiger partial charge in [0.15, 0.2) is 0 Å². The van der Waals surface area contributed by atoms with Crippen molar-refractivity contribution in [3.63, 3.8) is 0 Å². The van der Waals surface area contributed by atoms with Crippen molar-refractivity contribution in [2.24, 2.45) is 0 Å². The van der Waals surface area contributed by atoms with E-state index in [1.165, 1.54) is 0 Å². The van der Waals surface area contributed by atoms with E-state index < -0.39 is 24.5 Å². The monoisotopic (exact) mass is 260 g/mol. The fraction of sp³-hybridized carbons (Fsp3) is 0.364. The average Bonchev–Trinajstić information content (AvgIpc) is 2.34. The molecular weight excluding hydrogens is 249 g/mol. The molecule has 0 aromatic heterocycles. The third-order valence-electron chi connectivity index (χ3n) is 2.21. The zero-order valence-electron chi connectivity index (χ0n) is 9.20. The Bertz CT molecular complexity index is 455. The smallest absolute Gasteiger partial charge is 0.394 e. The van der Waals surface area contributed by atoms with E-state index in [1.807, 2.05) is 0 Å². The van der Waals surface area contributed by atoms with Crippen LogP contribution in [0.5, 0.6) is 0 Å². The van der Waals surface area contributed by atoms with Crippen LogP contribution in [0.1, 0.15) is 11.1 Å². The van der Waals surface area contributed by atoms with Crippen molar-refractivity contribution in [1.82, 2.24) is 0 Å². The summed E-state index contributed by atoms with van der Waals surface area (Å²) in [5.41, 5.74) is -0.903. The topological polar surface area (TPSA) is 76.3 Å². The van der Waals surface area contributed by atoms with E-state index in [9.17, 15) is 13.2 Å². The Hall–Kier alpha value is -1.78. The quantitative estimate of drug-likeness (QED) is 0.763. The van der Waals surface area contributed by atoms with Gasteiger partial charge in [0.05, 0.1) is 29.5 Å². The Balaban J connectivity index is 2.92. The van der Waals surface area contributed by atoms with Gasteiger partial charge >= 0.3 is 6.18 Å². The van der Waals surface area contributed by atoms with Crippen LogP contribution in [0, 0.1) is 11.3 Å². The molecular formula is C11H11F3N2O2. The van der Waals surface area contributed by atoms with Gasteiger partial charge in [0.25, 0.3) is 0 Å². The van der Waals surface area contributed by atoms with Crippen LogP contribution in [0.4, 0.5) is 18.9 Å². The summed E-state index contributed by atoms with van der Waals surface area (Å²) in [7, 11) is 0. The van der Waals surface area contributed by atoms with Crippen molar-refractivity contribution < 1.29 is 23.4 Å². The summed E-state index contributed by atoms with van der Waals surface area (Å²) in [6, 6.07) is 4.33. The highest BCUT2D eigenvalue weighted by molar-refractivity contribution is 5.59. The summed E-state index contributed by atoms with van der Waals surface area (Å²) in [5, 5.41) is 29.0. The van der Waals surface area contributed by atoms with E-state index in [4.69, 9.17) is 15.5 Å². The Morgan fingerprint density at radius 3 is 2.56 bits per heavy atom. The summed E-state index contributed by atoms with van der Waals surface area (Å²) in [6.45, 7) is -0.536. The van der Waals surface area contributed by atoms with Crippen LogP contribution >= 0.6 is 0 Å². The zero-order valence-corrected chi connectivity index (χ0v) is 9.20. The van der Waals surface area contributed by atoms with Gasteiger partial charge in [-0.1, -0.05) is 0 Å². The van der Waals surface area contributed by atoms with Crippen LogP contribution < -0.4 is 5.32 Å². The number of nitrogens with one attached hydrogen (secondary N) is 1. The number of hydrogen-bond donors (Lipinski definition) is 3. The summed E-state index contributed by atoms with van der Waals surface area (Å²) in [5.74, 6) is 0. The second-order valence-corrected chi connectivity index (χ2v) is 3.59. The maximum Gasteiger partial charge on any atom is 0.416 e. The molecule has 18 heavy (non-hydrogen) atoms. The molecule has 1 aromatic rings. The highest BCUT2D eigenvalue weighted by atomic mass is 19.4. The zero-order chi connectivity index (χ0) is 13.8. The molecule has 0 radical (unpaired) electrons. The molecule has 0 fully saturated rings. The normalized spacial score (nSPS) is 12.9. The predicted molar refractivity (Wildman–Crippen MR) is 57.7 cm³/mol. The van der Waals surface area contributed by atoms with Gasteiger partial charge in [-0.3, -0.25) is 0 Å². The number of nitriles is 1. The Morgan fingerprint density at radius 1 is 1.39 bits per heavy atom. The van der Waals surface area contributed by atoms with Crippen LogP contribution in [0.15, 0.2) is 18.2 Å². The van der Waals surface area contributed by atoms with Crippen LogP contribution in [-0.4, -0.2) is 29.5 Å². The molecule has 1 aromatic carbocycles. The fourth-order valence-corrected chi connectivity index (χ4v) is 1.26. The molecule has 4 nitrogen and oxygen atoms in total. The SMILES string of the molecule is N#Cc1cc(C(F)(F)F)ccc1NC[C@H](O)CO. The van der Waals surface area contributed by atoms with Gasteiger partial charge in [0.1, 0.15) is 6.07 Å². The summed E-state index contributed by atoms with van der Waals surface area (Å²) < 4.78 is 37.2. The van der Waals surface area contributed by atoms with Crippen molar-refractivity contribution in [2.75, 3.05) is 18.5 Å². The van der Waals surface area contributed by atoms with Crippen LogP contribution in [-0.2, 0) is 6.18 Å². The highest BCUT2D eigenvalue weighted by Crippen LogP contribution is 2.31. The lowest BCUT2D eigenvalue weighted by molar-refractivity contribution is -0.137. The summed E-state index contributed by atoms with van der Waals surface area (Å²) in [4.78, 5) is 0. The van der Waals surface area contributed by atoms with E-state index in [1.54, 1.807) is 6.07 Å². The van der Waals surface area contributed by atoms with E-state index >= 15 is 0 Å². The number of benzene rings is 1. The lowest BCUT2D eigenvalue weighted by atomic mass is 10.1. The number of hydrogen-bond acceptors (Lipinski definition) is 4. The second-order valence-electron chi connectivity index (χ2n) is 3.59. The van der Waals surface area contributed by atoms with E-state index in [2.05, 4.69) is 5.32 Å². The number of aliphatic hydroxyl groups is 2. The maximum absolute atomic E-state index is 12.4. The minimum absolute atomic E-state index is 0.0590. The number of halogens is 3. The van der Waals surface area contributed by atoms with Crippen molar-refractivity contribution in [2.45, 2.75) is 12.3 Å². The average molecular weight is 260 g/mol. The molecule has 3 N–H and O–H groups in total. The van der Waals surface area contributed by atoms with Gasteiger partial charge in [-0.05, 0) is 18.2 Å². The van der Waals surface area contributed by atoms with Gasteiger partial charge in [0.2, 0.25) is 0 Å². The first-order valence-electron chi connectivity index (χ1n) is 5.02. The molecule has 0 spiro atoms. The fourth-order valence-electron chi connectivity index (χ4n) is 1.26. The molecule has 0 heterocycles. The molecule has 0 aliphatic carbocycles. The minimum atomic E-state index is -4.51. The number of aliphatic hydroxyl groups excluding tert-OH is 2. The number of rotatable bonds is 4. The molecule has 0 saturated heterocycles. The van der Waals surface area contributed by atoms with Crippen molar-refractivity contribution in [3.8, 4) is 6.07 Å². The van der Waals surface area contributed by atoms with Crippen molar-refractivity contribution in [3.05, 3.63) is 29.3 Å². The summed E-state index contributed by atoms with van der Waals surface area (Å²) in [6.07, 6.45) is -5.55. The van der Waals surface area contributed by atoms with Crippen LogP contribution in [0.2, 0.25) is 0 Å². The van der Waals surface area contributed by atoms with E-state index in [0.29, 0.717) is 0 Å². The van der Waals surface area contributed by atoms with Gasteiger partial charge in [-0.15, -0.1) is 0 Å². The Labute approximate surface area is 101 Å². The van der Waals surface area contributed by atoms with Gasteiger partial charge in [0, 0.05) is 6.54 Å². The molecule has 7 heteroatoms. The van der Waals surface area contributed by atoms with Crippen LogP contribution in [0.3, 0.4) is 0 Å². The predicted octanol–water partition coefficient (Wildman–Crippen LogP) is 1.34. The first-order valence-corrected chi connectivity index (χ1v) is 5.02. The van der Waals surface area contributed by atoms with Gasteiger partial charge in [-0.2, -0.15) is 18.4 Å². The van der Waals surface area contributed by atoms with E-state index in [0.717, 1.165) is 18.2 Å². The Morgan fingerprint density at radius 2 is 2.06 bits per heavy atom. The lowest BCUT2D eigenvalue weighted by Gasteiger charge is -2.13. The van der Waals surface area contributed by atoms with Crippen LogP contribution in [0.25, 0.3) is 0 Å². The molecule has 1 rings (SSSR count). The molecule has 1 atom stereocenters. The van der Waals surface area contributed by atoms with Gasteiger partial charge in [-0.25, -0.2) is 0 Å². The first kappa shape index (κ1) is 14.3. The largest absolute Gasteiger partial charge is 0.416 e. The first-order chi connectivity index (χ1) is 8.38. The molecule has 0 saturated carbocycles. The molecule has 0 aliphatic rings. The van der Waals surface area contributed by atoms with E-state index in [-0.39, 0.29) is 17.8 Å². The molecule has 98 valence electrons. The molecule has 0 unspecified atom stereocenters. The second kappa shape index (κ2) is 5.71. The number of anilines is 1.